The van der Waals surface area contributed by atoms with E-state index in [-0.39, 0.29) is 24.0 Å². The number of halogens is 1. The van der Waals surface area contributed by atoms with Crippen molar-refractivity contribution in [2.75, 3.05) is 6.26 Å². The maximum atomic E-state index is 5.46. The lowest BCUT2D eigenvalue weighted by Crippen LogP contribution is -3.00. The molecule has 0 saturated carbocycles. The van der Waals surface area contributed by atoms with Crippen LogP contribution in [0.3, 0.4) is 0 Å². The molecule has 1 rings (SSSR count). The van der Waals surface area contributed by atoms with Crippen molar-refractivity contribution in [3.63, 3.8) is 0 Å². The third kappa shape index (κ3) is 3.92. The first-order valence-corrected chi connectivity index (χ1v) is 4.76. The van der Waals surface area contributed by atoms with Crippen molar-refractivity contribution in [3.8, 4) is 0 Å². The Morgan fingerprint density at radius 2 is 2.55 bits per heavy atom. The molecule has 11 heavy (non-hydrogen) atoms. The van der Waals surface area contributed by atoms with Crippen LogP contribution in [-0.4, -0.2) is 11.4 Å². The number of thiazole rings is 1. The zero-order valence-corrected chi connectivity index (χ0v) is 9.66. The minimum atomic E-state index is 0. The van der Waals surface area contributed by atoms with Gasteiger partial charge in [-0.3, -0.25) is 0 Å². The zero-order chi connectivity index (χ0) is 7.40. The van der Waals surface area contributed by atoms with Gasteiger partial charge in [0.25, 0.3) is 5.17 Å². The predicted molar refractivity (Wildman–Crippen MR) is 45.7 cm³/mol. The molecule has 1 heterocycles. The number of aliphatic imine (C=N–C) groups is 1. The van der Waals surface area contributed by atoms with E-state index in [0.717, 1.165) is 5.13 Å². The van der Waals surface area contributed by atoms with Gasteiger partial charge in [0.1, 0.15) is 0 Å². The fraction of sp³-hybridized carbons (Fsp3) is 0.200. The van der Waals surface area contributed by atoms with Crippen molar-refractivity contribution in [3.05, 3.63) is 11.6 Å². The third-order valence-electron chi connectivity index (χ3n) is 0.875. The highest BCUT2D eigenvalue weighted by Crippen LogP contribution is 2.11. The lowest BCUT2D eigenvalue weighted by atomic mass is 11.0. The van der Waals surface area contributed by atoms with Crippen LogP contribution >= 0.6 is 23.1 Å². The van der Waals surface area contributed by atoms with Crippen LogP contribution in [-0.2, 0) is 0 Å². The van der Waals surface area contributed by atoms with Crippen LogP contribution in [0.1, 0.15) is 0 Å². The quantitative estimate of drug-likeness (QED) is 0.366. The van der Waals surface area contributed by atoms with Crippen LogP contribution in [0, 0.1) is 0 Å². The van der Waals surface area contributed by atoms with E-state index in [1.165, 1.54) is 23.1 Å². The minimum Gasteiger partial charge on any atom is -1.00 e. The molecule has 0 unspecified atom stereocenters. The van der Waals surface area contributed by atoms with Gasteiger partial charge in [0.15, 0.2) is 0 Å². The number of nitrogens with one attached hydrogen (secondary N) is 1. The Morgan fingerprint density at radius 3 is 3.00 bits per heavy atom. The molecule has 0 fully saturated rings. The molecule has 62 valence electrons. The molecular weight excluding hydrogens is 293 g/mol. The van der Waals surface area contributed by atoms with E-state index in [9.17, 15) is 0 Å². The summed E-state index contributed by atoms with van der Waals surface area (Å²) in [6, 6.07) is 0. The summed E-state index contributed by atoms with van der Waals surface area (Å²) in [7, 11) is 0. The van der Waals surface area contributed by atoms with Crippen LogP contribution in [0.2, 0.25) is 0 Å². The number of nitrogens with two attached hydrogens (primary N) is 1. The summed E-state index contributed by atoms with van der Waals surface area (Å²) >= 11 is 2.97. The molecule has 3 nitrogen and oxygen atoms in total. The van der Waals surface area contributed by atoms with Gasteiger partial charge in [-0.2, -0.15) is 0 Å². The Kier molecular flexibility index (Phi) is 5.88. The first kappa shape index (κ1) is 11.2. The number of aromatic amines is 1. The Balaban J connectivity index is 0.000001000. The highest BCUT2D eigenvalue weighted by molar-refractivity contribution is 8.13. The van der Waals surface area contributed by atoms with Crippen molar-refractivity contribution >= 4 is 33.4 Å². The van der Waals surface area contributed by atoms with Gasteiger partial charge in [0.2, 0.25) is 0 Å². The molecule has 0 aliphatic heterocycles. The maximum Gasteiger partial charge on any atom is 0.382 e. The van der Waals surface area contributed by atoms with Gasteiger partial charge >= 0.3 is 5.13 Å². The second kappa shape index (κ2) is 5.78. The van der Waals surface area contributed by atoms with Crippen molar-refractivity contribution in [1.29, 1.82) is 0 Å². The summed E-state index contributed by atoms with van der Waals surface area (Å²) in [5, 5.41) is 3.34. The fourth-order valence-corrected chi connectivity index (χ4v) is 1.23. The lowest BCUT2D eigenvalue weighted by Gasteiger charge is -1.79. The molecule has 0 aliphatic carbocycles. The Labute approximate surface area is 90.5 Å². The topological polar surface area (TPSA) is 52.5 Å². The predicted octanol–water partition coefficient (Wildman–Crippen LogP) is -2.12. The Hall–Kier alpha value is 0.180. The second-order valence-electron chi connectivity index (χ2n) is 1.52. The van der Waals surface area contributed by atoms with Gasteiger partial charge in [0, 0.05) is 5.38 Å². The lowest BCUT2D eigenvalue weighted by molar-refractivity contribution is -0.356. The van der Waals surface area contributed by atoms with Crippen LogP contribution < -0.4 is 34.7 Å². The maximum absolute atomic E-state index is 5.46. The molecule has 1 aromatic rings. The van der Waals surface area contributed by atoms with E-state index in [4.69, 9.17) is 5.73 Å². The summed E-state index contributed by atoms with van der Waals surface area (Å²) in [6.45, 7) is 0. The van der Waals surface area contributed by atoms with E-state index in [0.29, 0.717) is 5.17 Å². The summed E-state index contributed by atoms with van der Waals surface area (Å²) in [5.41, 5.74) is 5.46. The van der Waals surface area contributed by atoms with Gasteiger partial charge in [-0.25, -0.2) is 4.98 Å². The van der Waals surface area contributed by atoms with Crippen molar-refractivity contribution in [1.82, 2.24) is 0 Å². The number of nitrogens with zero attached hydrogens (tertiary/aromatic N) is 1. The smallest absolute Gasteiger partial charge is 0.382 e. The molecular formula is C5H8IN3S2. The van der Waals surface area contributed by atoms with E-state index in [1.54, 1.807) is 0 Å². The molecule has 0 aliphatic rings. The van der Waals surface area contributed by atoms with Crippen molar-refractivity contribution in [2.24, 2.45) is 10.7 Å². The average Bonchev–Trinajstić information content (AvgIpc) is 2.40. The first-order chi connectivity index (χ1) is 4.83. The largest absolute Gasteiger partial charge is 1.00 e. The van der Waals surface area contributed by atoms with Crippen LogP contribution in [0.25, 0.3) is 0 Å². The van der Waals surface area contributed by atoms with Gasteiger partial charge in [-0.15, -0.1) is 0 Å². The fourth-order valence-electron chi connectivity index (χ4n) is 0.442. The molecule has 1 aromatic heterocycles. The first-order valence-electron chi connectivity index (χ1n) is 2.66. The number of hydrogen-bond acceptors (Lipinski definition) is 3. The number of thioether (sulfide) groups is 1. The summed E-state index contributed by atoms with van der Waals surface area (Å²) < 4.78 is 0. The van der Waals surface area contributed by atoms with Gasteiger partial charge in [-0.05, 0) is 11.2 Å². The molecule has 0 atom stereocenters. The molecule has 3 N–H and O–H groups in total. The van der Waals surface area contributed by atoms with Crippen LogP contribution in [0.15, 0.2) is 16.6 Å². The highest BCUT2D eigenvalue weighted by atomic mass is 127. The minimum absolute atomic E-state index is 0. The number of rotatable bonds is 1. The molecule has 0 spiro atoms. The van der Waals surface area contributed by atoms with Crippen LogP contribution in [0.5, 0.6) is 0 Å². The van der Waals surface area contributed by atoms with E-state index >= 15 is 0 Å². The molecule has 0 bridgehead atoms. The molecule has 0 aromatic carbocycles. The molecule has 0 radical (unpaired) electrons. The normalized spacial score (nSPS) is 10.8. The van der Waals surface area contributed by atoms with Crippen molar-refractivity contribution < 1.29 is 29.0 Å². The molecule has 0 saturated heterocycles. The standard InChI is InChI=1S/C5H7N3S2.HI/c1-9-4(6)8-5-7-2-3-10-5;/h2-3H,1H3,(H2,6,7,8);1H. The van der Waals surface area contributed by atoms with E-state index < -0.39 is 0 Å². The monoisotopic (exact) mass is 301 g/mol. The summed E-state index contributed by atoms with van der Waals surface area (Å²) in [4.78, 5) is 7.00. The average molecular weight is 301 g/mol. The Bertz CT molecular complexity index is 222. The Morgan fingerprint density at radius 1 is 1.82 bits per heavy atom. The second-order valence-corrected chi connectivity index (χ2v) is 3.25. The van der Waals surface area contributed by atoms with Crippen LogP contribution in [0.4, 0.5) is 5.13 Å². The van der Waals surface area contributed by atoms with Gasteiger partial charge < -0.3 is 29.7 Å². The molecule has 6 heteroatoms. The highest BCUT2D eigenvalue weighted by Gasteiger charge is 2.02. The van der Waals surface area contributed by atoms with E-state index in [1.807, 2.05) is 17.8 Å². The number of hydrogen-bond donors (Lipinski definition) is 1. The zero-order valence-electron chi connectivity index (χ0n) is 5.87. The summed E-state index contributed by atoms with van der Waals surface area (Å²) in [5.74, 6) is 0. The van der Waals surface area contributed by atoms with Gasteiger partial charge in [0.05, 0.1) is 6.20 Å². The van der Waals surface area contributed by atoms with E-state index in [2.05, 4.69) is 9.98 Å². The number of amidine groups is 1. The summed E-state index contributed by atoms with van der Waals surface area (Å²) in [6.07, 6.45) is 3.73. The van der Waals surface area contributed by atoms with Gasteiger partial charge in [-0.1, -0.05) is 23.1 Å². The third-order valence-corrected chi connectivity index (χ3v) is 2.09. The SMILES string of the molecule is CSC(N)=Nc1[nH+]ccs1.[I-]. The van der Waals surface area contributed by atoms with Crippen molar-refractivity contribution in [2.45, 2.75) is 0 Å². The number of H-pyrrole nitrogens is 1. The molecule has 0 amide bonds. The number of aromatic nitrogens is 1.